The van der Waals surface area contributed by atoms with E-state index >= 15 is 0 Å². The predicted octanol–water partition coefficient (Wildman–Crippen LogP) is 5.76. The lowest BCUT2D eigenvalue weighted by atomic mass is 9.69. The van der Waals surface area contributed by atoms with Gasteiger partial charge in [-0.25, -0.2) is 0 Å². The molecule has 4 nitrogen and oxygen atoms in total. The number of phenolic OH excluding ortho intramolecular Hbond substituents is 1. The second kappa shape index (κ2) is 7.20. The molecule has 1 aromatic heterocycles. The Balaban J connectivity index is 1.67. The van der Waals surface area contributed by atoms with E-state index in [1.165, 1.54) is 16.9 Å². The van der Waals surface area contributed by atoms with Gasteiger partial charge in [0, 0.05) is 14.0 Å². The molecule has 2 aliphatic rings. The van der Waals surface area contributed by atoms with Gasteiger partial charge in [-0.2, -0.15) is 0 Å². The highest BCUT2D eigenvalue weighted by atomic mass is 127. The van der Waals surface area contributed by atoms with Crippen LogP contribution in [0.2, 0.25) is 0 Å². The molecule has 3 N–H and O–H groups in total. The standard InChI is InChI=1S/C22H27IN2O2S/c1-5-22(3,4)12-6-7-14-16(9-12)28-21-17(14)20(27)24-19(25-21)15-10-13(23)8-11(2)18(15)26/h8,10,12,19,25-26H,5-7,9H2,1-4H3,(H,24,27)/t12-,19-/m0/s1. The van der Waals surface area contributed by atoms with Gasteiger partial charge in [-0.15, -0.1) is 11.3 Å². The van der Waals surface area contributed by atoms with Crippen molar-refractivity contribution in [3.05, 3.63) is 42.8 Å². The molecule has 6 heteroatoms. The van der Waals surface area contributed by atoms with Crippen LogP contribution in [0.4, 0.5) is 5.00 Å². The van der Waals surface area contributed by atoms with Crippen LogP contribution in [0.5, 0.6) is 5.75 Å². The van der Waals surface area contributed by atoms with Gasteiger partial charge >= 0.3 is 0 Å². The first kappa shape index (κ1) is 20.0. The van der Waals surface area contributed by atoms with E-state index in [9.17, 15) is 9.90 Å². The highest BCUT2D eigenvalue weighted by molar-refractivity contribution is 14.1. The number of hydrogen-bond donors (Lipinski definition) is 3. The third-order valence-corrected chi connectivity index (χ3v) is 8.47. The fourth-order valence-electron chi connectivity index (χ4n) is 4.39. The number of halogens is 1. The average Bonchev–Trinajstić information content (AvgIpc) is 3.02. The zero-order valence-electron chi connectivity index (χ0n) is 16.8. The smallest absolute Gasteiger partial charge is 0.256 e. The van der Waals surface area contributed by atoms with Crippen molar-refractivity contribution in [2.24, 2.45) is 11.3 Å². The van der Waals surface area contributed by atoms with Gasteiger partial charge in [0.1, 0.15) is 16.9 Å². The van der Waals surface area contributed by atoms with E-state index in [4.69, 9.17) is 0 Å². The van der Waals surface area contributed by atoms with E-state index in [1.807, 2.05) is 19.1 Å². The molecule has 1 aliphatic carbocycles. The summed E-state index contributed by atoms with van der Waals surface area (Å²) in [5.41, 5.74) is 3.92. The summed E-state index contributed by atoms with van der Waals surface area (Å²) in [5, 5.41) is 18.0. The van der Waals surface area contributed by atoms with Crippen LogP contribution < -0.4 is 10.6 Å². The number of rotatable bonds is 3. The summed E-state index contributed by atoms with van der Waals surface area (Å²) < 4.78 is 1.04. The minimum atomic E-state index is -0.406. The van der Waals surface area contributed by atoms with Crippen LogP contribution in [0, 0.1) is 21.8 Å². The van der Waals surface area contributed by atoms with Crippen molar-refractivity contribution < 1.29 is 9.90 Å². The van der Waals surface area contributed by atoms with Gasteiger partial charge in [-0.3, -0.25) is 4.79 Å². The number of thiophene rings is 1. The molecule has 0 radical (unpaired) electrons. The first-order valence-corrected chi connectivity index (χ1v) is 11.8. The Morgan fingerprint density at radius 1 is 1.32 bits per heavy atom. The molecule has 2 atom stereocenters. The lowest BCUT2D eigenvalue weighted by Gasteiger charge is -2.36. The number of benzene rings is 1. The number of fused-ring (bicyclic) bond motifs is 3. The second-order valence-corrected chi connectivity index (χ2v) is 11.1. The lowest BCUT2D eigenvalue weighted by molar-refractivity contribution is 0.0934. The number of nitrogens with one attached hydrogen (secondary N) is 2. The van der Waals surface area contributed by atoms with Crippen LogP contribution >= 0.6 is 33.9 Å². The molecule has 0 saturated carbocycles. The minimum absolute atomic E-state index is 0.0274. The highest BCUT2D eigenvalue weighted by Crippen LogP contribution is 2.47. The van der Waals surface area contributed by atoms with Crippen molar-refractivity contribution >= 4 is 44.8 Å². The van der Waals surface area contributed by atoms with Crippen molar-refractivity contribution in [1.29, 1.82) is 0 Å². The maximum atomic E-state index is 13.0. The molecule has 28 heavy (non-hydrogen) atoms. The van der Waals surface area contributed by atoms with Gasteiger partial charge in [0.2, 0.25) is 0 Å². The number of hydrogen-bond acceptors (Lipinski definition) is 4. The van der Waals surface area contributed by atoms with E-state index < -0.39 is 6.17 Å². The summed E-state index contributed by atoms with van der Waals surface area (Å²) in [7, 11) is 0. The number of anilines is 1. The summed E-state index contributed by atoms with van der Waals surface area (Å²) >= 11 is 3.97. The van der Waals surface area contributed by atoms with Crippen molar-refractivity contribution in [2.45, 2.75) is 59.5 Å². The Morgan fingerprint density at radius 2 is 2.07 bits per heavy atom. The maximum Gasteiger partial charge on any atom is 0.256 e. The van der Waals surface area contributed by atoms with E-state index in [1.54, 1.807) is 11.3 Å². The average molecular weight is 510 g/mol. The number of phenols is 1. The van der Waals surface area contributed by atoms with E-state index in [2.05, 4.69) is 54.0 Å². The third-order valence-electron chi connectivity index (χ3n) is 6.67. The molecule has 1 aromatic carbocycles. The topological polar surface area (TPSA) is 61.4 Å². The van der Waals surface area contributed by atoms with Gasteiger partial charge in [0.25, 0.3) is 5.91 Å². The van der Waals surface area contributed by atoms with Crippen molar-refractivity contribution in [1.82, 2.24) is 5.32 Å². The highest BCUT2D eigenvalue weighted by Gasteiger charge is 2.37. The Hall–Kier alpha value is -1.28. The largest absolute Gasteiger partial charge is 0.507 e. The molecular formula is C22H27IN2O2S. The molecule has 0 saturated heterocycles. The molecule has 2 aromatic rings. The normalized spacial score (nSPS) is 21.5. The van der Waals surface area contributed by atoms with Gasteiger partial charge in [-0.05, 0) is 83.4 Å². The first-order chi connectivity index (χ1) is 13.2. The minimum Gasteiger partial charge on any atom is -0.507 e. The van der Waals surface area contributed by atoms with Gasteiger partial charge in [-0.1, -0.05) is 27.2 Å². The Morgan fingerprint density at radius 3 is 2.79 bits per heavy atom. The monoisotopic (exact) mass is 510 g/mol. The Labute approximate surface area is 184 Å². The van der Waals surface area contributed by atoms with Gasteiger partial charge in [0.15, 0.2) is 0 Å². The first-order valence-electron chi connectivity index (χ1n) is 9.92. The summed E-state index contributed by atoms with van der Waals surface area (Å²) in [5.74, 6) is 0.875. The molecule has 0 bridgehead atoms. The number of aromatic hydroxyl groups is 1. The zero-order chi connectivity index (χ0) is 20.2. The molecule has 0 spiro atoms. The molecule has 2 heterocycles. The summed E-state index contributed by atoms with van der Waals surface area (Å²) in [6.45, 7) is 8.87. The van der Waals surface area contributed by atoms with Crippen LogP contribution in [-0.4, -0.2) is 11.0 Å². The number of carbonyl (C=O) groups is 1. The van der Waals surface area contributed by atoms with Crippen LogP contribution in [0.1, 0.15) is 71.7 Å². The van der Waals surface area contributed by atoms with Crippen molar-refractivity contribution in [3.63, 3.8) is 0 Å². The van der Waals surface area contributed by atoms with Crippen LogP contribution in [0.15, 0.2) is 12.1 Å². The van der Waals surface area contributed by atoms with Crippen molar-refractivity contribution in [3.8, 4) is 5.75 Å². The maximum absolute atomic E-state index is 13.0. The Bertz CT molecular complexity index is 950. The molecule has 0 fully saturated rings. The number of amides is 1. The van der Waals surface area contributed by atoms with Crippen molar-refractivity contribution in [2.75, 3.05) is 5.32 Å². The van der Waals surface area contributed by atoms with E-state index in [-0.39, 0.29) is 11.7 Å². The summed E-state index contributed by atoms with van der Waals surface area (Å²) in [4.78, 5) is 14.3. The summed E-state index contributed by atoms with van der Waals surface area (Å²) in [6.07, 6.45) is 3.94. The van der Waals surface area contributed by atoms with Crippen LogP contribution in [0.3, 0.4) is 0 Å². The second-order valence-electron chi connectivity index (χ2n) is 8.70. The Kier molecular flexibility index (Phi) is 5.15. The predicted molar refractivity (Wildman–Crippen MR) is 123 cm³/mol. The van der Waals surface area contributed by atoms with E-state index in [0.29, 0.717) is 11.3 Å². The fraction of sp³-hybridized carbons (Fsp3) is 0.500. The molecular weight excluding hydrogens is 483 g/mol. The van der Waals surface area contributed by atoms with Gasteiger partial charge in [0.05, 0.1) is 5.56 Å². The quantitative estimate of drug-likeness (QED) is 0.460. The SMILES string of the molecule is CCC(C)(C)[C@H]1CCc2c(sc3c2C(=O)N[C@H](c2cc(I)cc(C)c2O)N3)C1. The zero-order valence-corrected chi connectivity index (χ0v) is 19.8. The van der Waals surface area contributed by atoms with Gasteiger partial charge < -0.3 is 15.7 Å². The number of aryl methyl sites for hydroxylation is 1. The van der Waals surface area contributed by atoms with Crippen LogP contribution in [-0.2, 0) is 12.8 Å². The lowest BCUT2D eigenvalue weighted by Crippen LogP contribution is -2.38. The molecule has 150 valence electrons. The summed E-state index contributed by atoms with van der Waals surface area (Å²) in [6, 6.07) is 3.87. The molecule has 1 amide bonds. The molecule has 4 rings (SSSR count). The van der Waals surface area contributed by atoms with E-state index in [0.717, 1.165) is 44.5 Å². The third kappa shape index (κ3) is 3.32. The van der Waals surface area contributed by atoms with Crippen LogP contribution in [0.25, 0.3) is 0 Å². The fourth-order valence-corrected chi connectivity index (χ4v) is 6.55. The number of carbonyl (C=O) groups excluding carboxylic acids is 1. The molecule has 0 unspecified atom stereocenters. The molecule has 1 aliphatic heterocycles.